The number of rotatable bonds is 3. The topological polar surface area (TPSA) is 58.1 Å². The van der Waals surface area contributed by atoms with Gasteiger partial charge in [-0.15, -0.1) is 5.10 Å². The van der Waals surface area contributed by atoms with Gasteiger partial charge in [0, 0.05) is 19.7 Å². The number of carbonyl (C=O) groups is 1. The molecule has 1 amide bonds. The molecule has 0 radical (unpaired) electrons. The highest BCUT2D eigenvalue weighted by Gasteiger charge is 2.11. The van der Waals surface area contributed by atoms with Crippen LogP contribution < -0.4 is 10.2 Å². The van der Waals surface area contributed by atoms with Gasteiger partial charge in [0.25, 0.3) is 5.91 Å². The molecule has 6 heteroatoms. The van der Waals surface area contributed by atoms with Crippen LogP contribution >= 0.6 is 11.5 Å². The molecule has 0 fully saturated rings. The highest BCUT2D eigenvalue weighted by molar-refractivity contribution is 7.07. The molecule has 0 aliphatic heterocycles. The predicted octanol–water partition coefficient (Wildman–Crippen LogP) is 1.69. The summed E-state index contributed by atoms with van der Waals surface area (Å²) in [6.07, 6.45) is 0. The Labute approximate surface area is 128 Å². The van der Waals surface area contributed by atoms with Gasteiger partial charge in [-0.3, -0.25) is 4.79 Å². The second-order valence-electron chi connectivity index (χ2n) is 4.58. The van der Waals surface area contributed by atoms with E-state index < -0.39 is 0 Å². The van der Waals surface area contributed by atoms with Gasteiger partial charge in [0.2, 0.25) is 0 Å². The van der Waals surface area contributed by atoms with Crippen LogP contribution in [-0.2, 0) is 0 Å². The van der Waals surface area contributed by atoms with Crippen LogP contribution in [0.4, 0.5) is 5.69 Å². The summed E-state index contributed by atoms with van der Waals surface area (Å²) in [6, 6.07) is 7.89. The van der Waals surface area contributed by atoms with Gasteiger partial charge >= 0.3 is 0 Å². The van der Waals surface area contributed by atoms with Gasteiger partial charge in [-0.25, -0.2) is 0 Å². The number of hydrogen-bond donors (Lipinski definition) is 1. The Hall–Kier alpha value is -2.39. The molecule has 108 valence electrons. The van der Waals surface area contributed by atoms with Crippen molar-refractivity contribution >= 4 is 23.1 Å². The zero-order valence-corrected chi connectivity index (χ0v) is 13.0. The number of aromatic nitrogens is 2. The number of anilines is 1. The maximum Gasteiger partial charge on any atom is 0.265 e. The zero-order valence-electron chi connectivity index (χ0n) is 12.2. The molecular formula is C15H16N4OS. The molecular weight excluding hydrogens is 284 g/mol. The Balaban J connectivity index is 1.99. The number of amides is 1. The SMILES string of the molecule is Cc1nnsc1C(=O)NCC#Cc1ccccc1N(C)C. The van der Waals surface area contributed by atoms with Crippen molar-refractivity contribution in [1.29, 1.82) is 0 Å². The van der Waals surface area contributed by atoms with E-state index in [0.29, 0.717) is 10.6 Å². The molecule has 0 aliphatic rings. The molecule has 0 saturated heterocycles. The van der Waals surface area contributed by atoms with Crippen molar-refractivity contribution in [2.24, 2.45) is 0 Å². The van der Waals surface area contributed by atoms with Gasteiger partial charge in [-0.05, 0) is 30.6 Å². The number of nitrogens with one attached hydrogen (secondary N) is 1. The van der Waals surface area contributed by atoms with Crippen LogP contribution in [0, 0.1) is 18.8 Å². The molecule has 1 aromatic carbocycles. The monoisotopic (exact) mass is 300 g/mol. The van der Waals surface area contributed by atoms with E-state index in [2.05, 4.69) is 26.7 Å². The Morgan fingerprint density at radius 2 is 2.14 bits per heavy atom. The highest BCUT2D eigenvalue weighted by Crippen LogP contribution is 2.16. The minimum atomic E-state index is -0.183. The maximum absolute atomic E-state index is 11.9. The van der Waals surface area contributed by atoms with Gasteiger partial charge in [-0.1, -0.05) is 28.5 Å². The summed E-state index contributed by atoms with van der Waals surface area (Å²) in [7, 11) is 3.95. The van der Waals surface area contributed by atoms with Gasteiger partial charge in [0.15, 0.2) is 0 Å². The van der Waals surface area contributed by atoms with Crippen LogP contribution in [-0.4, -0.2) is 36.1 Å². The van der Waals surface area contributed by atoms with E-state index in [9.17, 15) is 4.79 Å². The number of para-hydroxylation sites is 1. The molecule has 0 aliphatic carbocycles. The summed E-state index contributed by atoms with van der Waals surface area (Å²) in [5.74, 6) is 5.86. The highest BCUT2D eigenvalue weighted by atomic mass is 32.1. The molecule has 0 bridgehead atoms. The van der Waals surface area contributed by atoms with Crippen molar-refractivity contribution in [3.8, 4) is 11.8 Å². The summed E-state index contributed by atoms with van der Waals surface area (Å²) in [5, 5.41) is 6.56. The van der Waals surface area contributed by atoms with Crippen LogP contribution in [0.1, 0.15) is 20.9 Å². The summed E-state index contributed by atoms with van der Waals surface area (Å²) >= 11 is 1.09. The van der Waals surface area contributed by atoms with E-state index in [1.165, 1.54) is 0 Å². The summed E-state index contributed by atoms with van der Waals surface area (Å²) in [6.45, 7) is 2.05. The number of carbonyl (C=O) groups excluding carboxylic acids is 1. The predicted molar refractivity (Wildman–Crippen MR) is 84.6 cm³/mol. The first-order chi connectivity index (χ1) is 10.1. The third kappa shape index (κ3) is 3.80. The van der Waals surface area contributed by atoms with Crippen LogP contribution in [0.3, 0.4) is 0 Å². The fourth-order valence-corrected chi connectivity index (χ4v) is 2.33. The van der Waals surface area contributed by atoms with E-state index in [4.69, 9.17) is 0 Å². The van der Waals surface area contributed by atoms with Crippen molar-refractivity contribution in [1.82, 2.24) is 14.9 Å². The van der Waals surface area contributed by atoms with Crippen molar-refractivity contribution in [3.05, 3.63) is 40.4 Å². The molecule has 1 heterocycles. The minimum absolute atomic E-state index is 0.183. The lowest BCUT2D eigenvalue weighted by Crippen LogP contribution is -2.23. The van der Waals surface area contributed by atoms with Gasteiger partial charge in [0.05, 0.1) is 17.9 Å². The first kappa shape index (κ1) is 15.0. The molecule has 0 saturated carbocycles. The lowest BCUT2D eigenvalue weighted by atomic mass is 10.1. The van der Waals surface area contributed by atoms with E-state index in [1.54, 1.807) is 6.92 Å². The number of hydrogen-bond acceptors (Lipinski definition) is 5. The smallest absolute Gasteiger partial charge is 0.265 e. The molecule has 0 unspecified atom stereocenters. The first-order valence-electron chi connectivity index (χ1n) is 6.42. The molecule has 2 aromatic rings. The first-order valence-corrected chi connectivity index (χ1v) is 7.19. The second-order valence-corrected chi connectivity index (χ2v) is 5.34. The lowest BCUT2D eigenvalue weighted by Gasteiger charge is -2.13. The van der Waals surface area contributed by atoms with Gasteiger partial charge in [0.1, 0.15) is 4.88 Å². The fourth-order valence-electron chi connectivity index (χ4n) is 1.75. The number of benzene rings is 1. The number of nitrogens with zero attached hydrogens (tertiary/aromatic N) is 3. The minimum Gasteiger partial charge on any atom is -0.377 e. The van der Waals surface area contributed by atoms with Crippen molar-refractivity contribution in [2.45, 2.75) is 6.92 Å². The lowest BCUT2D eigenvalue weighted by molar-refractivity contribution is 0.0962. The van der Waals surface area contributed by atoms with Crippen LogP contribution in [0.2, 0.25) is 0 Å². The second kappa shape index (κ2) is 6.86. The van der Waals surface area contributed by atoms with E-state index in [-0.39, 0.29) is 12.5 Å². The third-order valence-corrected chi connectivity index (χ3v) is 3.63. The normalized spacial score (nSPS) is 9.67. The summed E-state index contributed by atoms with van der Waals surface area (Å²) < 4.78 is 3.74. The molecule has 21 heavy (non-hydrogen) atoms. The summed E-state index contributed by atoms with van der Waals surface area (Å²) in [4.78, 5) is 14.4. The van der Waals surface area contributed by atoms with Crippen molar-refractivity contribution < 1.29 is 4.79 Å². The van der Waals surface area contributed by atoms with E-state index in [1.807, 2.05) is 43.3 Å². The zero-order chi connectivity index (χ0) is 15.2. The molecule has 1 N–H and O–H groups in total. The molecule has 5 nitrogen and oxygen atoms in total. The van der Waals surface area contributed by atoms with Crippen LogP contribution in [0.5, 0.6) is 0 Å². The average Bonchev–Trinajstić information content (AvgIpc) is 2.90. The maximum atomic E-state index is 11.9. The molecule has 1 aromatic heterocycles. The van der Waals surface area contributed by atoms with Crippen molar-refractivity contribution in [3.63, 3.8) is 0 Å². The molecule has 0 spiro atoms. The van der Waals surface area contributed by atoms with Gasteiger partial charge in [-0.2, -0.15) is 0 Å². The fraction of sp³-hybridized carbons (Fsp3) is 0.267. The van der Waals surface area contributed by atoms with Crippen LogP contribution in [0.25, 0.3) is 0 Å². The standard InChI is InChI=1S/C15H16N4OS/c1-11-14(21-18-17-11)15(20)16-10-6-8-12-7-4-5-9-13(12)19(2)3/h4-5,7,9H,10H2,1-3H3,(H,16,20). The quantitative estimate of drug-likeness (QED) is 0.877. The average molecular weight is 300 g/mol. The Bertz CT molecular complexity index is 697. The van der Waals surface area contributed by atoms with Crippen LogP contribution in [0.15, 0.2) is 24.3 Å². The number of aryl methyl sites for hydroxylation is 1. The van der Waals surface area contributed by atoms with Crippen molar-refractivity contribution in [2.75, 3.05) is 25.5 Å². The Kier molecular flexibility index (Phi) is 4.90. The van der Waals surface area contributed by atoms with E-state index >= 15 is 0 Å². The Morgan fingerprint density at radius 3 is 2.81 bits per heavy atom. The largest absolute Gasteiger partial charge is 0.377 e. The third-order valence-electron chi connectivity index (χ3n) is 2.80. The summed E-state index contributed by atoms with van der Waals surface area (Å²) in [5.41, 5.74) is 2.63. The van der Waals surface area contributed by atoms with Gasteiger partial charge < -0.3 is 10.2 Å². The van der Waals surface area contributed by atoms with E-state index in [0.717, 1.165) is 22.8 Å². The molecule has 2 rings (SSSR count). The molecule has 0 atom stereocenters. The Morgan fingerprint density at radius 1 is 1.38 bits per heavy atom.